The number of hydrogen-bond acceptors (Lipinski definition) is 4. The molecular formula is C20H17N3O3. The summed E-state index contributed by atoms with van der Waals surface area (Å²) < 4.78 is 11.3. The molecule has 0 bridgehead atoms. The number of pyridine rings is 1. The minimum atomic E-state index is -0.464. The summed E-state index contributed by atoms with van der Waals surface area (Å²) in [4.78, 5) is 18.4. The number of para-hydroxylation sites is 1. The van der Waals surface area contributed by atoms with Crippen molar-refractivity contribution in [1.82, 2.24) is 9.97 Å². The van der Waals surface area contributed by atoms with E-state index in [1.807, 2.05) is 49.4 Å². The number of aromatic nitrogens is 2. The lowest BCUT2D eigenvalue weighted by Gasteiger charge is -2.33. The number of nitrogens with two attached hydrogens (primary N) is 1. The number of anilines is 1. The molecule has 5 rings (SSSR count). The van der Waals surface area contributed by atoms with Crippen LogP contribution in [0.15, 0.2) is 53.5 Å². The van der Waals surface area contributed by atoms with E-state index in [0.29, 0.717) is 11.2 Å². The van der Waals surface area contributed by atoms with Gasteiger partial charge in [-0.2, -0.15) is 0 Å². The number of nitrogens with one attached hydrogen (secondary N) is 2. The molecule has 1 fully saturated rings. The van der Waals surface area contributed by atoms with Crippen LogP contribution in [0.2, 0.25) is 0 Å². The minimum Gasteiger partial charge on any atom is -0.398 e. The molecule has 0 amide bonds. The van der Waals surface area contributed by atoms with Gasteiger partial charge in [0.15, 0.2) is 12.6 Å². The van der Waals surface area contributed by atoms with E-state index in [1.165, 1.54) is 0 Å². The van der Waals surface area contributed by atoms with Gasteiger partial charge in [-0.25, -0.2) is 0 Å². The molecule has 1 aliphatic heterocycles. The standard InChI is InChI=1S/C20H17N3O3/c1-10-25-20(26-10)14-9-22-18-17(14)13-8-11(6-7-16(13)23-19(18)24)12-4-2-3-5-15(12)21/h2-10,20,22H,21H2,1H3,(H,23,24). The normalized spacial score (nSPS) is 19.7. The van der Waals surface area contributed by atoms with Crippen molar-refractivity contribution >= 4 is 27.5 Å². The maximum atomic E-state index is 12.4. The van der Waals surface area contributed by atoms with Gasteiger partial charge in [-0.15, -0.1) is 0 Å². The van der Waals surface area contributed by atoms with Gasteiger partial charge in [-0.05, 0) is 30.7 Å². The number of aromatic amines is 2. The summed E-state index contributed by atoms with van der Waals surface area (Å²) in [5, 5.41) is 1.74. The number of nitrogen functional groups attached to an aromatic ring is 1. The van der Waals surface area contributed by atoms with Crippen LogP contribution in [0.4, 0.5) is 5.69 Å². The Morgan fingerprint density at radius 3 is 2.69 bits per heavy atom. The molecule has 26 heavy (non-hydrogen) atoms. The Morgan fingerprint density at radius 2 is 1.92 bits per heavy atom. The Hall–Kier alpha value is -3.09. The quantitative estimate of drug-likeness (QED) is 0.483. The molecule has 0 unspecified atom stereocenters. The van der Waals surface area contributed by atoms with Gasteiger partial charge in [-0.1, -0.05) is 24.3 Å². The highest BCUT2D eigenvalue weighted by molar-refractivity contribution is 6.08. The smallest absolute Gasteiger partial charge is 0.272 e. The van der Waals surface area contributed by atoms with Gasteiger partial charge in [-0.3, -0.25) is 4.79 Å². The average molecular weight is 347 g/mol. The van der Waals surface area contributed by atoms with Crippen LogP contribution in [-0.2, 0) is 9.47 Å². The molecule has 1 saturated heterocycles. The van der Waals surface area contributed by atoms with E-state index in [9.17, 15) is 4.79 Å². The predicted molar refractivity (Wildman–Crippen MR) is 101 cm³/mol. The first-order valence-electron chi connectivity index (χ1n) is 8.44. The lowest BCUT2D eigenvalue weighted by atomic mass is 9.99. The van der Waals surface area contributed by atoms with Crippen molar-refractivity contribution in [2.45, 2.75) is 19.5 Å². The molecule has 2 aromatic carbocycles. The first-order valence-corrected chi connectivity index (χ1v) is 8.44. The second-order valence-electron chi connectivity index (χ2n) is 6.47. The fourth-order valence-corrected chi connectivity index (χ4v) is 3.57. The van der Waals surface area contributed by atoms with E-state index < -0.39 is 6.29 Å². The number of ether oxygens (including phenoxy) is 2. The Kier molecular flexibility index (Phi) is 3.19. The van der Waals surface area contributed by atoms with Crippen LogP contribution in [0, 0.1) is 0 Å². The summed E-state index contributed by atoms with van der Waals surface area (Å²) >= 11 is 0. The Labute approximate surface area is 148 Å². The number of hydrogen-bond donors (Lipinski definition) is 3. The van der Waals surface area contributed by atoms with Gasteiger partial charge in [0, 0.05) is 39.3 Å². The summed E-state index contributed by atoms with van der Waals surface area (Å²) in [5.74, 6) is 0. The van der Waals surface area contributed by atoms with E-state index in [0.717, 1.165) is 33.0 Å². The van der Waals surface area contributed by atoms with E-state index in [-0.39, 0.29) is 11.8 Å². The van der Waals surface area contributed by atoms with Crippen molar-refractivity contribution in [2.24, 2.45) is 0 Å². The topological polar surface area (TPSA) is 93.1 Å². The summed E-state index contributed by atoms with van der Waals surface area (Å²) in [6, 6.07) is 13.6. The summed E-state index contributed by atoms with van der Waals surface area (Å²) in [6.45, 7) is 1.84. The molecular weight excluding hydrogens is 330 g/mol. The van der Waals surface area contributed by atoms with Crippen LogP contribution in [0.1, 0.15) is 18.8 Å². The first kappa shape index (κ1) is 15.2. The molecule has 0 radical (unpaired) electrons. The van der Waals surface area contributed by atoms with Crippen LogP contribution in [0.3, 0.4) is 0 Å². The molecule has 4 N–H and O–H groups in total. The van der Waals surface area contributed by atoms with Crippen molar-refractivity contribution in [1.29, 1.82) is 0 Å². The van der Waals surface area contributed by atoms with Crippen molar-refractivity contribution in [3.05, 3.63) is 64.6 Å². The molecule has 130 valence electrons. The van der Waals surface area contributed by atoms with Gasteiger partial charge < -0.3 is 25.2 Å². The lowest BCUT2D eigenvalue weighted by molar-refractivity contribution is -0.382. The molecule has 1 aliphatic rings. The van der Waals surface area contributed by atoms with Crippen molar-refractivity contribution in [3.8, 4) is 11.1 Å². The first-order chi connectivity index (χ1) is 12.6. The third-order valence-corrected chi connectivity index (χ3v) is 4.83. The van der Waals surface area contributed by atoms with Gasteiger partial charge in [0.2, 0.25) is 0 Å². The molecule has 2 aromatic heterocycles. The zero-order valence-corrected chi connectivity index (χ0v) is 14.1. The number of H-pyrrole nitrogens is 2. The number of fused-ring (bicyclic) bond motifs is 3. The van der Waals surface area contributed by atoms with Crippen molar-refractivity contribution < 1.29 is 9.47 Å². The number of rotatable bonds is 2. The maximum Gasteiger partial charge on any atom is 0.272 e. The summed E-state index contributed by atoms with van der Waals surface area (Å²) in [5.41, 5.74) is 10.7. The molecule has 0 saturated carbocycles. The molecule has 3 heterocycles. The van der Waals surface area contributed by atoms with Crippen LogP contribution < -0.4 is 11.3 Å². The van der Waals surface area contributed by atoms with Crippen LogP contribution in [-0.4, -0.2) is 16.3 Å². The SMILES string of the molecule is CC1OC(c2c[nH]c3c(=O)[nH]c4ccc(-c5ccccc5N)cc4c23)O1. The molecule has 0 aliphatic carbocycles. The summed E-state index contributed by atoms with van der Waals surface area (Å²) in [6.07, 6.45) is 1.08. The van der Waals surface area contributed by atoms with Crippen LogP contribution >= 0.6 is 0 Å². The summed E-state index contributed by atoms with van der Waals surface area (Å²) in [7, 11) is 0. The van der Waals surface area contributed by atoms with Gasteiger partial charge in [0.25, 0.3) is 5.56 Å². The third kappa shape index (κ3) is 2.16. The highest BCUT2D eigenvalue weighted by atomic mass is 16.9. The van der Waals surface area contributed by atoms with E-state index in [1.54, 1.807) is 6.20 Å². The molecule has 0 spiro atoms. The highest BCUT2D eigenvalue weighted by Gasteiger charge is 2.31. The van der Waals surface area contributed by atoms with Crippen LogP contribution in [0.5, 0.6) is 0 Å². The van der Waals surface area contributed by atoms with E-state index in [2.05, 4.69) is 9.97 Å². The lowest BCUT2D eigenvalue weighted by Crippen LogP contribution is -2.31. The second-order valence-corrected chi connectivity index (χ2v) is 6.47. The molecule has 6 heteroatoms. The van der Waals surface area contributed by atoms with Crippen LogP contribution in [0.25, 0.3) is 32.9 Å². The fourth-order valence-electron chi connectivity index (χ4n) is 3.57. The Bertz CT molecular complexity index is 1200. The Balaban J connectivity index is 1.80. The Morgan fingerprint density at radius 1 is 1.12 bits per heavy atom. The van der Waals surface area contributed by atoms with Gasteiger partial charge in [0.1, 0.15) is 5.52 Å². The minimum absolute atomic E-state index is 0.168. The molecule has 0 atom stereocenters. The molecule has 4 aromatic rings. The largest absolute Gasteiger partial charge is 0.398 e. The van der Waals surface area contributed by atoms with Crippen molar-refractivity contribution in [3.63, 3.8) is 0 Å². The molecule has 6 nitrogen and oxygen atoms in total. The number of benzene rings is 2. The predicted octanol–water partition coefficient (Wildman–Crippen LogP) is 3.65. The highest BCUT2D eigenvalue weighted by Crippen LogP contribution is 2.38. The van der Waals surface area contributed by atoms with Crippen molar-refractivity contribution in [2.75, 3.05) is 5.73 Å². The van der Waals surface area contributed by atoms with Gasteiger partial charge in [0.05, 0.1) is 0 Å². The average Bonchev–Trinajstić information content (AvgIpc) is 3.05. The van der Waals surface area contributed by atoms with E-state index >= 15 is 0 Å². The fraction of sp³-hybridized carbons (Fsp3) is 0.150. The monoisotopic (exact) mass is 347 g/mol. The maximum absolute atomic E-state index is 12.4. The van der Waals surface area contributed by atoms with E-state index in [4.69, 9.17) is 15.2 Å². The third-order valence-electron chi connectivity index (χ3n) is 4.83. The second kappa shape index (κ2) is 5.45. The zero-order valence-electron chi connectivity index (χ0n) is 14.1. The zero-order chi connectivity index (χ0) is 17.8. The van der Waals surface area contributed by atoms with Gasteiger partial charge >= 0.3 is 0 Å².